The maximum Gasteiger partial charge on any atom is 0.320 e. The number of rotatable bonds is 47. The molecule has 0 aromatic heterocycles. The fraction of sp³-hybridized carbons (Fsp3) is 0.980. The Bertz CT molecular complexity index is 636. The third-order valence-corrected chi connectivity index (χ3v) is 12.2. The van der Waals surface area contributed by atoms with Gasteiger partial charge in [-0.05, 0) is 32.4 Å². The van der Waals surface area contributed by atoms with Crippen LogP contribution in [0.15, 0.2) is 0 Å². The van der Waals surface area contributed by atoms with Crippen molar-refractivity contribution < 1.29 is 9.90 Å². The van der Waals surface area contributed by atoms with E-state index in [1.165, 1.54) is 244 Å². The Morgan fingerprint density at radius 1 is 0.321 bits per heavy atom. The number of nitrogens with zero attached hydrogens (tertiary/aromatic N) is 1. The lowest BCUT2D eigenvalue weighted by Crippen LogP contribution is -2.42. The highest BCUT2D eigenvalue weighted by Crippen LogP contribution is 2.18. The van der Waals surface area contributed by atoms with Gasteiger partial charge in [0.25, 0.3) is 0 Å². The van der Waals surface area contributed by atoms with E-state index in [1.54, 1.807) is 0 Å². The largest absolute Gasteiger partial charge is 0.480 e. The molecule has 0 saturated heterocycles. The minimum absolute atomic E-state index is 0.282. The molecule has 318 valence electrons. The van der Waals surface area contributed by atoms with Crippen LogP contribution in [0.1, 0.15) is 297 Å². The van der Waals surface area contributed by atoms with Gasteiger partial charge in [0, 0.05) is 0 Å². The Morgan fingerprint density at radius 3 is 0.698 bits per heavy atom. The Labute approximate surface area is 335 Å². The normalized spacial score (nSPS) is 12.3. The molecule has 0 aliphatic rings. The first-order chi connectivity index (χ1) is 26.2. The summed E-state index contributed by atoms with van der Waals surface area (Å²) in [4.78, 5) is 14.6. The van der Waals surface area contributed by atoms with E-state index in [1.807, 2.05) is 0 Å². The van der Waals surface area contributed by atoms with E-state index in [9.17, 15) is 9.90 Å². The summed E-state index contributed by atoms with van der Waals surface area (Å²) in [5.41, 5.74) is 0. The summed E-state index contributed by atoms with van der Waals surface area (Å²) < 4.78 is 0. The molecule has 0 aromatic carbocycles. The quantitative estimate of drug-likeness (QED) is 0.0630. The van der Waals surface area contributed by atoms with Crippen LogP contribution >= 0.6 is 0 Å². The molecule has 0 spiro atoms. The highest BCUT2D eigenvalue weighted by atomic mass is 16.4. The summed E-state index contributed by atoms with van der Waals surface area (Å²) in [6.07, 6.45) is 59.0. The van der Waals surface area contributed by atoms with Crippen molar-refractivity contribution in [2.45, 2.75) is 303 Å². The van der Waals surface area contributed by atoms with Crippen LogP contribution in [-0.2, 0) is 4.79 Å². The smallest absolute Gasteiger partial charge is 0.320 e. The lowest BCUT2D eigenvalue weighted by molar-refractivity contribution is -0.143. The highest BCUT2D eigenvalue weighted by Gasteiger charge is 2.24. The van der Waals surface area contributed by atoms with E-state index in [0.29, 0.717) is 0 Å². The van der Waals surface area contributed by atoms with Gasteiger partial charge in [0.1, 0.15) is 6.04 Å². The van der Waals surface area contributed by atoms with Crippen LogP contribution in [0.4, 0.5) is 0 Å². The van der Waals surface area contributed by atoms with Gasteiger partial charge < -0.3 is 5.11 Å². The van der Waals surface area contributed by atoms with Gasteiger partial charge in [-0.2, -0.15) is 0 Å². The third-order valence-electron chi connectivity index (χ3n) is 12.2. The van der Waals surface area contributed by atoms with Crippen LogP contribution in [0, 0.1) is 0 Å². The molecule has 1 N–H and O–H groups in total. The summed E-state index contributed by atoms with van der Waals surface area (Å²) in [5.74, 6) is -0.597. The SMILES string of the molecule is CCCCCCCCCCCCCCCCCCCCCCN(CCCCCCCCCCCCCCCCCCCCCC)C(CCCC)C(=O)O. The van der Waals surface area contributed by atoms with Crippen molar-refractivity contribution in [3.05, 3.63) is 0 Å². The number of unbranched alkanes of at least 4 members (excludes halogenated alkanes) is 39. The summed E-state index contributed by atoms with van der Waals surface area (Å²) in [6.45, 7) is 8.73. The van der Waals surface area contributed by atoms with E-state index in [4.69, 9.17) is 0 Å². The maximum atomic E-state index is 12.2. The number of carboxylic acids is 1. The van der Waals surface area contributed by atoms with Gasteiger partial charge in [0.05, 0.1) is 0 Å². The van der Waals surface area contributed by atoms with Gasteiger partial charge in [0.15, 0.2) is 0 Å². The average Bonchev–Trinajstić information content (AvgIpc) is 3.16. The van der Waals surface area contributed by atoms with Gasteiger partial charge >= 0.3 is 5.97 Å². The topological polar surface area (TPSA) is 40.5 Å². The Hall–Kier alpha value is -0.570. The summed E-state index contributed by atoms with van der Waals surface area (Å²) in [7, 11) is 0. The Kier molecular flexibility index (Phi) is 45.3. The molecule has 0 aliphatic carbocycles. The van der Waals surface area contributed by atoms with Gasteiger partial charge in [-0.1, -0.05) is 278 Å². The first-order valence-corrected chi connectivity index (χ1v) is 25.1. The van der Waals surface area contributed by atoms with E-state index in [2.05, 4.69) is 25.7 Å². The standard InChI is InChI=1S/C50H101NO2/c1-4-7-10-12-14-16-18-20-22-24-26-28-30-32-34-36-38-40-42-44-47-51(49(50(52)53)46-9-6-3)48-45-43-41-39-37-35-33-31-29-27-25-23-21-19-17-15-13-11-8-5-2/h49H,4-48H2,1-3H3,(H,52,53). The molecule has 0 rings (SSSR count). The molecule has 1 atom stereocenters. The second-order valence-electron chi connectivity index (χ2n) is 17.5. The second kappa shape index (κ2) is 45.8. The van der Waals surface area contributed by atoms with Crippen molar-refractivity contribution in [2.24, 2.45) is 0 Å². The minimum Gasteiger partial charge on any atom is -0.480 e. The second-order valence-corrected chi connectivity index (χ2v) is 17.5. The number of carboxylic acid groups (broad SMARTS) is 1. The van der Waals surface area contributed by atoms with Crippen LogP contribution in [0.3, 0.4) is 0 Å². The zero-order chi connectivity index (χ0) is 38.6. The maximum absolute atomic E-state index is 12.2. The zero-order valence-corrected chi connectivity index (χ0v) is 37.2. The van der Waals surface area contributed by atoms with Gasteiger partial charge in [-0.3, -0.25) is 9.69 Å². The number of carbonyl (C=O) groups is 1. The Morgan fingerprint density at radius 2 is 0.509 bits per heavy atom. The first-order valence-electron chi connectivity index (χ1n) is 25.1. The van der Waals surface area contributed by atoms with E-state index >= 15 is 0 Å². The molecule has 1 unspecified atom stereocenters. The van der Waals surface area contributed by atoms with Crippen LogP contribution in [0.2, 0.25) is 0 Å². The molecule has 53 heavy (non-hydrogen) atoms. The van der Waals surface area contributed by atoms with Crippen molar-refractivity contribution in [3.8, 4) is 0 Å². The molecule has 0 radical (unpaired) electrons. The summed E-state index contributed by atoms with van der Waals surface area (Å²) in [5, 5.41) is 10.1. The molecule has 3 heteroatoms. The molecular formula is C50H101NO2. The van der Waals surface area contributed by atoms with Crippen molar-refractivity contribution in [3.63, 3.8) is 0 Å². The molecule has 3 nitrogen and oxygen atoms in total. The monoisotopic (exact) mass is 748 g/mol. The molecule has 0 amide bonds. The average molecular weight is 748 g/mol. The van der Waals surface area contributed by atoms with Crippen LogP contribution in [0.5, 0.6) is 0 Å². The Balaban J connectivity index is 3.79. The first kappa shape index (κ1) is 52.4. The van der Waals surface area contributed by atoms with Crippen LogP contribution in [0.25, 0.3) is 0 Å². The number of hydrogen-bond donors (Lipinski definition) is 1. The lowest BCUT2D eigenvalue weighted by Gasteiger charge is -2.29. The van der Waals surface area contributed by atoms with Gasteiger partial charge in [-0.25, -0.2) is 0 Å². The van der Waals surface area contributed by atoms with Crippen molar-refractivity contribution in [1.82, 2.24) is 4.90 Å². The molecule has 0 heterocycles. The fourth-order valence-electron chi connectivity index (χ4n) is 8.42. The molecular weight excluding hydrogens is 647 g/mol. The minimum atomic E-state index is -0.597. The third kappa shape index (κ3) is 40.9. The van der Waals surface area contributed by atoms with Gasteiger partial charge in [-0.15, -0.1) is 0 Å². The molecule has 0 fully saturated rings. The fourth-order valence-corrected chi connectivity index (χ4v) is 8.42. The van der Waals surface area contributed by atoms with Crippen molar-refractivity contribution in [1.29, 1.82) is 0 Å². The summed E-state index contributed by atoms with van der Waals surface area (Å²) >= 11 is 0. The van der Waals surface area contributed by atoms with Crippen molar-refractivity contribution in [2.75, 3.05) is 13.1 Å². The van der Waals surface area contributed by atoms with E-state index in [0.717, 1.165) is 45.2 Å². The lowest BCUT2D eigenvalue weighted by atomic mass is 10.0. The number of aliphatic carboxylic acids is 1. The molecule has 0 aromatic rings. The van der Waals surface area contributed by atoms with Crippen molar-refractivity contribution >= 4 is 5.97 Å². The van der Waals surface area contributed by atoms with E-state index in [-0.39, 0.29) is 6.04 Å². The van der Waals surface area contributed by atoms with E-state index < -0.39 is 5.97 Å². The highest BCUT2D eigenvalue weighted by molar-refractivity contribution is 5.73. The number of hydrogen-bond acceptors (Lipinski definition) is 2. The van der Waals surface area contributed by atoms with Crippen LogP contribution in [-0.4, -0.2) is 35.1 Å². The molecule has 0 saturated carbocycles. The zero-order valence-electron chi connectivity index (χ0n) is 37.2. The summed E-state index contributed by atoms with van der Waals surface area (Å²) in [6, 6.07) is -0.282. The molecule has 0 bridgehead atoms. The van der Waals surface area contributed by atoms with Crippen LogP contribution < -0.4 is 0 Å². The predicted molar refractivity (Wildman–Crippen MR) is 239 cm³/mol. The van der Waals surface area contributed by atoms with Gasteiger partial charge in [0.2, 0.25) is 0 Å². The predicted octanol–water partition coefficient (Wildman–Crippen LogP) is 17.6. The molecule has 0 aliphatic heterocycles.